The van der Waals surface area contributed by atoms with Gasteiger partial charge in [0, 0.05) is 0 Å². The van der Waals surface area contributed by atoms with E-state index < -0.39 is 60.7 Å². The minimum atomic E-state index is -1.48. The maximum atomic E-state index is 13.3. The van der Waals surface area contributed by atoms with Gasteiger partial charge in [-0.1, -0.05) is 54.6 Å². The molecule has 5 rings (SSSR count). The molecule has 47 heavy (non-hydrogen) atoms. The van der Waals surface area contributed by atoms with Crippen LogP contribution in [0.1, 0.15) is 44.2 Å². The lowest BCUT2D eigenvalue weighted by atomic mass is 10.1. The molecule has 1 fully saturated rings. The predicted octanol–water partition coefficient (Wildman–Crippen LogP) is 2.82. The number of aromatic nitrogens is 3. The van der Waals surface area contributed by atoms with Crippen LogP contribution in [0.3, 0.4) is 0 Å². The van der Waals surface area contributed by atoms with Gasteiger partial charge in [-0.3, -0.25) is 4.79 Å². The number of benzene rings is 3. The normalized spacial score (nSPS) is 18.5. The van der Waals surface area contributed by atoms with Crippen LogP contribution in [0.15, 0.2) is 102 Å². The summed E-state index contributed by atoms with van der Waals surface area (Å²) in [5.41, 5.74) is -0.312. The standard InChI is InChI=1S/C33H30N4O10/c1-2-43-26(38)19-34-25-18-35-37(33(42)36-25)29-28(47-32(41)23-16-10-5-11-17-23)27(46-31(40)22-14-8-4-9-15-22)24(45-29)20-44-30(39)21-12-6-3-7-13-21/h3-18,24,27-29H,2,19-20H2,1H3,(H,34,36,42)/t24-,27+,28-,29-/m1/s1. The largest absolute Gasteiger partial charge is 0.465 e. The van der Waals surface area contributed by atoms with Crippen LogP contribution >= 0.6 is 0 Å². The monoisotopic (exact) mass is 642 g/mol. The molecule has 0 spiro atoms. The fourth-order valence-electron chi connectivity index (χ4n) is 4.64. The molecule has 0 radical (unpaired) electrons. The first-order chi connectivity index (χ1) is 22.8. The topological polar surface area (TPSA) is 174 Å². The summed E-state index contributed by atoms with van der Waals surface area (Å²) < 4.78 is 29.0. The highest BCUT2D eigenvalue weighted by Crippen LogP contribution is 2.34. The maximum absolute atomic E-state index is 13.3. The zero-order valence-electron chi connectivity index (χ0n) is 25.1. The smallest absolute Gasteiger partial charge is 0.368 e. The number of esters is 4. The Labute approximate surface area is 268 Å². The van der Waals surface area contributed by atoms with Crippen LogP contribution in [0.5, 0.6) is 0 Å². The number of carbonyl (C=O) groups excluding carboxylic acids is 4. The van der Waals surface area contributed by atoms with E-state index in [2.05, 4.69) is 15.4 Å². The van der Waals surface area contributed by atoms with Gasteiger partial charge >= 0.3 is 29.6 Å². The van der Waals surface area contributed by atoms with Crippen molar-refractivity contribution in [1.82, 2.24) is 14.8 Å². The molecule has 2 heterocycles. The molecule has 0 aliphatic carbocycles. The molecule has 4 atom stereocenters. The number of nitrogens with one attached hydrogen (secondary N) is 1. The van der Waals surface area contributed by atoms with Gasteiger partial charge in [-0.25, -0.2) is 19.2 Å². The lowest BCUT2D eigenvalue weighted by molar-refractivity contribution is -0.140. The number of anilines is 1. The maximum Gasteiger partial charge on any atom is 0.368 e. The van der Waals surface area contributed by atoms with E-state index in [0.717, 1.165) is 10.9 Å². The van der Waals surface area contributed by atoms with E-state index in [0.29, 0.717) is 0 Å². The SMILES string of the molecule is CCOC(=O)CNc1cnn([C@@H]2O[C@H](COC(=O)c3ccccc3)[C@H](OC(=O)c3ccccc3)[C@H]2OC(=O)c2ccccc2)c(=O)n1. The Bertz CT molecular complexity index is 1750. The second-order valence-electron chi connectivity index (χ2n) is 10.0. The molecule has 14 heteroatoms. The summed E-state index contributed by atoms with van der Waals surface area (Å²) in [6.07, 6.45) is -4.37. The van der Waals surface area contributed by atoms with Gasteiger partial charge in [-0.05, 0) is 43.3 Å². The molecule has 0 amide bonds. The van der Waals surface area contributed by atoms with Crippen molar-refractivity contribution >= 4 is 29.7 Å². The predicted molar refractivity (Wildman–Crippen MR) is 163 cm³/mol. The van der Waals surface area contributed by atoms with Crippen molar-refractivity contribution in [1.29, 1.82) is 0 Å². The molecule has 1 aromatic heterocycles. The lowest BCUT2D eigenvalue weighted by Crippen LogP contribution is -2.43. The number of hydrogen-bond acceptors (Lipinski definition) is 13. The quantitative estimate of drug-likeness (QED) is 0.177. The summed E-state index contributed by atoms with van der Waals surface area (Å²) in [6, 6.07) is 24.3. The Morgan fingerprint density at radius 1 is 0.766 bits per heavy atom. The average Bonchev–Trinajstić information content (AvgIpc) is 3.43. The first-order valence-electron chi connectivity index (χ1n) is 14.6. The minimum Gasteiger partial charge on any atom is -0.465 e. The van der Waals surface area contributed by atoms with Crippen LogP contribution in [-0.4, -0.2) is 76.7 Å². The highest BCUT2D eigenvalue weighted by atomic mass is 16.7. The van der Waals surface area contributed by atoms with Crippen LogP contribution in [0.4, 0.5) is 5.82 Å². The van der Waals surface area contributed by atoms with Crippen molar-refractivity contribution in [3.05, 3.63) is 124 Å². The highest BCUT2D eigenvalue weighted by molar-refractivity contribution is 5.91. The van der Waals surface area contributed by atoms with Crippen molar-refractivity contribution in [3.8, 4) is 0 Å². The molecule has 0 unspecified atom stereocenters. The first-order valence-corrected chi connectivity index (χ1v) is 14.6. The van der Waals surface area contributed by atoms with Gasteiger partial charge in [0.15, 0.2) is 24.3 Å². The van der Waals surface area contributed by atoms with Crippen molar-refractivity contribution in [2.75, 3.05) is 25.1 Å². The fraction of sp³-hybridized carbons (Fsp3) is 0.242. The van der Waals surface area contributed by atoms with Gasteiger partial charge in [0.25, 0.3) is 0 Å². The molecule has 14 nitrogen and oxygen atoms in total. The number of carbonyl (C=O) groups is 4. The van der Waals surface area contributed by atoms with E-state index in [1.54, 1.807) is 73.7 Å². The second kappa shape index (κ2) is 15.4. The minimum absolute atomic E-state index is 0.0319. The Morgan fingerprint density at radius 2 is 1.30 bits per heavy atom. The van der Waals surface area contributed by atoms with E-state index in [1.165, 1.54) is 24.3 Å². The molecule has 1 aliphatic heterocycles. The number of rotatable bonds is 12. The molecule has 242 valence electrons. The van der Waals surface area contributed by atoms with Gasteiger partial charge in [0.05, 0.1) is 29.5 Å². The van der Waals surface area contributed by atoms with E-state index in [-0.39, 0.29) is 35.7 Å². The van der Waals surface area contributed by atoms with Crippen molar-refractivity contribution in [2.24, 2.45) is 0 Å². The zero-order chi connectivity index (χ0) is 33.2. The summed E-state index contributed by atoms with van der Waals surface area (Å²) in [7, 11) is 0. The van der Waals surface area contributed by atoms with E-state index >= 15 is 0 Å². The van der Waals surface area contributed by atoms with Gasteiger partial charge < -0.3 is 29.0 Å². The van der Waals surface area contributed by atoms with E-state index in [9.17, 15) is 24.0 Å². The van der Waals surface area contributed by atoms with E-state index in [1.807, 2.05) is 0 Å². The summed E-state index contributed by atoms with van der Waals surface area (Å²) in [6.45, 7) is 1.11. The van der Waals surface area contributed by atoms with Crippen molar-refractivity contribution in [3.63, 3.8) is 0 Å². The third-order valence-corrected chi connectivity index (χ3v) is 6.86. The van der Waals surface area contributed by atoms with Crippen molar-refractivity contribution in [2.45, 2.75) is 31.5 Å². The summed E-state index contributed by atoms with van der Waals surface area (Å²) in [5.74, 6) is -2.87. The Hall–Kier alpha value is -5.89. The zero-order valence-corrected chi connectivity index (χ0v) is 25.1. The van der Waals surface area contributed by atoms with Gasteiger partial charge in [0.1, 0.15) is 19.3 Å². The molecule has 3 aromatic carbocycles. The second-order valence-corrected chi connectivity index (χ2v) is 10.0. The van der Waals surface area contributed by atoms with Crippen LogP contribution in [-0.2, 0) is 28.5 Å². The average molecular weight is 643 g/mol. The van der Waals surface area contributed by atoms with Gasteiger partial charge in [0.2, 0.25) is 0 Å². The summed E-state index contributed by atoms with van der Waals surface area (Å²) in [5, 5.41) is 6.77. The number of nitrogens with zero attached hydrogens (tertiary/aromatic N) is 3. The molecular formula is C33H30N4O10. The molecule has 4 aromatic rings. The Balaban J connectivity index is 1.47. The highest BCUT2D eigenvalue weighted by Gasteiger charge is 2.52. The molecule has 1 aliphatic rings. The summed E-state index contributed by atoms with van der Waals surface area (Å²) in [4.78, 5) is 68.2. The van der Waals surface area contributed by atoms with Gasteiger partial charge in [-0.15, -0.1) is 0 Å². The molecule has 1 N–H and O–H groups in total. The van der Waals surface area contributed by atoms with Crippen LogP contribution in [0.2, 0.25) is 0 Å². The molecule has 0 saturated carbocycles. The lowest BCUT2D eigenvalue weighted by Gasteiger charge is -2.24. The Kier molecular flexibility index (Phi) is 10.7. The fourth-order valence-corrected chi connectivity index (χ4v) is 4.64. The number of hydrogen-bond donors (Lipinski definition) is 1. The molecule has 1 saturated heterocycles. The molecule has 0 bridgehead atoms. The van der Waals surface area contributed by atoms with E-state index in [4.69, 9.17) is 23.7 Å². The third-order valence-electron chi connectivity index (χ3n) is 6.86. The van der Waals surface area contributed by atoms with Crippen LogP contribution in [0.25, 0.3) is 0 Å². The van der Waals surface area contributed by atoms with Crippen LogP contribution in [0, 0.1) is 0 Å². The van der Waals surface area contributed by atoms with Gasteiger partial charge in [-0.2, -0.15) is 14.8 Å². The number of ether oxygens (including phenoxy) is 5. The summed E-state index contributed by atoms with van der Waals surface area (Å²) >= 11 is 0. The Morgan fingerprint density at radius 3 is 1.83 bits per heavy atom. The first kappa shape index (κ1) is 32.5. The van der Waals surface area contributed by atoms with Crippen LogP contribution < -0.4 is 11.0 Å². The third kappa shape index (κ3) is 8.23. The molecular weight excluding hydrogens is 612 g/mol. The van der Waals surface area contributed by atoms with Crippen molar-refractivity contribution < 1.29 is 42.9 Å².